The van der Waals surface area contributed by atoms with E-state index >= 15 is 0 Å². The minimum absolute atomic E-state index is 0.140. The monoisotopic (exact) mass is 255 g/mol. The van der Waals surface area contributed by atoms with Gasteiger partial charge >= 0.3 is 0 Å². The number of hydrogen-bond acceptors (Lipinski definition) is 3. The van der Waals surface area contributed by atoms with Crippen LogP contribution in [0.2, 0.25) is 0 Å². The molecule has 1 aliphatic heterocycles. The van der Waals surface area contributed by atoms with Crippen molar-refractivity contribution in [2.75, 3.05) is 19.6 Å². The first-order chi connectivity index (χ1) is 8.47. The Morgan fingerprint density at radius 1 is 1.39 bits per heavy atom. The molecule has 0 aliphatic carbocycles. The molecule has 0 bridgehead atoms. The molecular formula is C14H29N3O. The Balaban J connectivity index is 2.11. The van der Waals surface area contributed by atoms with Crippen molar-refractivity contribution < 1.29 is 4.79 Å². The SMILES string of the molecule is CC(C)CCCC(C)NC(=O)CN1CC[C@@H](N)C1. The lowest BCUT2D eigenvalue weighted by Crippen LogP contribution is -2.41. The van der Waals surface area contributed by atoms with Crippen molar-refractivity contribution in [3.63, 3.8) is 0 Å². The first-order valence-electron chi connectivity index (χ1n) is 7.24. The van der Waals surface area contributed by atoms with E-state index in [9.17, 15) is 4.79 Å². The molecule has 3 N–H and O–H groups in total. The van der Waals surface area contributed by atoms with E-state index in [1.165, 1.54) is 12.8 Å². The maximum absolute atomic E-state index is 11.8. The Kier molecular flexibility index (Phi) is 6.65. The molecule has 1 rings (SSSR count). The van der Waals surface area contributed by atoms with Crippen LogP contribution < -0.4 is 11.1 Å². The van der Waals surface area contributed by atoms with E-state index in [-0.39, 0.29) is 18.0 Å². The molecule has 0 saturated carbocycles. The van der Waals surface area contributed by atoms with Crippen molar-refractivity contribution in [3.05, 3.63) is 0 Å². The molecule has 1 amide bonds. The van der Waals surface area contributed by atoms with Crippen molar-refractivity contribution in [2.45, 2.75) is 58.5 Å². The lowest BCUT2D eigenvalue weighted by molar-refractivity contribution is -0.122. The molecule has 0 aromatic rings. The van der Waals surface area contributed by atoms with Crippen LogP contribution in [-0.4, -0.2) is 42.5 Å². The number of likely N-dealkylation sites (tertiary alicyclic amines) is 1. The van der Waals surface area contributed by atoms with E-state index in [0.717, 1.165) is 31.8 Å². The minimum atomic E-state index is 0.140. The summed E-state index contributed by atoms with van der Waals surface area (Å²) in [4.78, 5) is 14.0. The van der Waals surface area contributed by atoms with Crippen molar-refractivity contribution in [3.8, 4) is 0 Å². The predicted molar refractivity (Wildman–Crippen MR) is 75.3 cm³/mol. The summed E-state index contributed by atoms with van der Waals surface area (Å²) in [6, 6.07) is 0.536. The predicted octanol–water partition coefficient (Wildman–Crippen LogP) is 1.35. The molecule has 0 spiro atoms. The third-order valence-electron chi connectivity index (χ3n) is 3.50. The molecule has 1 saturated heterocycles. The standard InChI is InChI=1S/C14H29N3O/c1-11(2)5-4-6-12(3)16-14(18)10-17-8-7-13(15)9-17/h11-13H,4-10,15H2,1-3H3,(H,16,18)/t12?,13-/m1/s1. The average Bonchev–Trinajstić information content (AvgIpc) is 2.62. The van der Waals surface area contributed by atoms with Gasteiger partial charge in [0.15, 0.2) is 0 Å². The van der Waals surface area contributed by atoms with Crippen LogP contribution in [0.25, 0.3) is 0 Å². The second-order valence-electron chi connectivity index (χ2n) is 6.08. The number of amides is 1. The van der Waals surface area contributed by atoms with Crippen molar-refractivity contribution in [1.29, 1.82) is 0 Å². The average molecular weight is 255 g/mol. The van der Waals surface area contributed by atoms with Gasteiger partial charge in [-0.1, -0.05) is 26.7 Å². The van der Waals surface area contributed by atoms with Gasteiger partial charge in [-0.25, -0.2) is 0 Å². The smallest absolute Gasteiger partial charge is 0.234 e. The Hall–Kier alpha value is -0.610. The zero-order chi connectivity index (χ0) is 13.5. The van der Waals surface area contributed by atoms with Gasteiger partial charge in [-0.15, -0.1) is 0 Å². The fourth-order valence-electron chi connectivity index (χ4n) is 2.43. The van der Waals surface area contributed by atoms with Gasteiger partial charge < -0.3 is 11.1 Å². The number of nitrogens with zero attached hydrogens (tertiary/aromatic N) is 1. The van der Waals surface area contributed by atoms with Crippen LogP contribution >= 0.6 is 0 Å². The normalized spacial score (nSPS) is 22.4. The van der Waals surface area contributed by atoms with Crippen LogP contribution in [0, 0.1) is 5.92 Å². The molecule has 0 radical (unpaired) electrons. The second kappa shape index (κ2) is 7.74. The van der Waals surface area contributed by atoms with Gasteiger partial charge in [-0.3, -0.25) is 9.69 Å². The lowest BCUT2D eigenvalue weighted by Gasteiger charge is -2.18. The highest BCUT2D eigenvalue weighted by molar-refractivity contribution is 5.78. The van der Waals surface area contributed by atoms with Crippen LogP contribution in [0.4, 0.5) is 0 Å². The summed E-state index contributed by atoms with van der Waals surface area (Å²) < 4.78 is 0. The molecule has 0 aromatic heterocycles. The first kappa shape index (κ1) is 15.4. The Morgan fingerprint density at radius 2 is 2.11 bits per heavy atom. The van der Waals surface area contributed by atoms with Gasteiger partial charge in [0.25, 0.3) is 0 Å². The summed E-state index contributed by atoms with van der Waals surface area (Å²) in [5, 5.41) is 3.07. The molecule has 4 heteroatoms. The number of hydrogen-bond donors (Lipinski definition) is 2. The van der Waals surface area contributed by atoms with Gasteiger partial charge in [0.2, 0.25) is 5.91 Å². The van der Waals surface area contributed by atoms with Crippen LogP contribution in [0.5, 0.6) is 0 Å². The summed E-state index contributed by atoms with van der Waals surface area (Å²) >= 11 is 0. The largest absolute Gasteiger partial charge is 0.353 e. The minimum Gasteiger partial charge on any atom is -0.353 e. The fraction of sp³-hybridized carbons (Fsp3) is 0.929. The number of rotatable bonds is 7. The van der Waals surface area contributed by atoms with Gasteiger partial charge in [0.05, 0.1) is 6.54 Å². The zero-order valence-electron chi connectivity index (χ0n) is 12.1. The molecular weight excluding hydrogens is 226 g/mol. The molecule has 2 atom stereocenters. The summed E-state index contributed by atoms with van der Waals surface area (Å²) in [6.07, 6.45) is 4.51. The fourth-order valence-corrected chi connectivity index (χ4v) is 2.43. The number of carbonyl (C=O) groups excluding carboxylic acids is 1. The first-order valence-corrected chi connectivity index (χ1v) is 7.24. The van der Waals surface area contributed by atoms with Crippen LogP contribution in [0.15, 0.2) is 0 Å². The number of nitrogens with one attached hydrogen (secondary N) is 1. The quantitative estimate of drug-likeness (QED) is 0.722. The highest BCUT2D eigenvalue weighted by Crippen LogP contribution is 2.09. The van der Waals surface area contributed by atoms with Crippen molar-refractivity contribution in [2.24, 2.45) is 11.7 Å². The molecule has 1 unspecified atom stereocenters. The van der Waals surface area contributed by atoms with Gasteiger partial charge in [0, 0.05) is 25.2 Å². The molecule has 1 heterocycles. The summed E-state index contributed by atoms with van der Waals surface area (Å²) in [5.41, 5.74) is 5.82. The molecule has 106 valence electrons. The second-order valence-corrected chi connectivity index (χ2v) is 6.08. The van der Waals surface area contributed by atoms with E-state index in [1.807, 2.05) is 0 Å². The van der Waals surface area contributed by atoms with Gasteiger partial charge in [-0.2, -0.15) is 0 Å². The third-order valence-corrected chi connectivity index (χ3v) is 3.50. The Labute approximate surface area is 111 Å². The highest BCUT2D eigenvalue weighted by Gasteiger charge is 2.21. The van der Waals surface area contributed by atoms with E-state index in [4.69, 9.17) is 5.73 Å². The topological polar surface area (TPSA) is 58.4 Å². The number of nitrogens with two attached hydrogens (primary N) is 1. The van der Waals surface area contributed by atoms with E-state index < -0.39 is 0 Å². The van der Waals surface area contributed by atoms with Gasteiger partial charge in [-0.05, 0) is 25.7 Å². The van der Waals surface area contributed by atoms with Crippen molar-refractivity contribution in [1.82, 2.24) is 10.2 Å². The Morgan fingerprint density at radius 3 is 2.67 bits per heavy atom. The molecule has 18 heavy (non-hydrogen) atoms. The summed E-state index contributed by atoms with van der Waals surface area (Å²) in [6.45, 7) is 8.88. The van der Waals surface area contributed by atoms with E-state index in [1.54, 1.807) is 0 Å². The molecule has 0 aromatic carbocycles. The highest BCUT2D eigenvalue weighted by atomic mass is 16.2. The molecule has 4 nitrogen and oxygen atoms in total. The third kappa shape index (κ3) is 6.36. The van der Waals surface area contributed by atoms with Crippen LogP contribution in [0.1, 0.15) is 46.5 Å². The van der Waals surface area contributed by atoms with Crippen LogP contribution in [-0.2, 0) is 4.79 Å². The molecule has 1 aliphatic rings. The summed E-state index contributed by atoms with van der Waals surface area (Å²) in [7, 11) is 0. The maximum Gasteiger partial charge on any atom is 0.234 e. The maximum atomic E-state index is 11.8. The van der Waals surface area contributed by atoms with Gasteiger partial charge in [0.1, 0.15) is 0 Å². The zero-order valence-corrected chi connectivity index (χ0v) is 12.1. The van der Waals surface area contributed by atoms with E-state index in [2.05, 4.69) is 31.0 Å². The lowest BCUT2D eigenvalue weighted by atomic mass is 10.0. The van der Waals surface area contributed by atoms with E-state index in [0.29, 0.717) is 6.54 Å². The molecule has 1 fully saturated rings. The Bertz CT molecular complexity index is 255. The summed E-state index contributed by atoms with van der Waals surface area (Å²) in [5.74, 6) is 0.889. The number of carbonyl (C=O) groups is 1. The van der Waals surface area contributed by atoms with Crippen LogP contribution in [0.3, 0.4) is 0 Å². The van der Waals surface area contributed by atoms with Crippen molar-refractivity contribution >= 4 is 5.91 Å².